The Morgan fingerprint density at radius 3 is 2.24 bits per heavy atom. The lowest BCUT2D eigenvalue weighted by molar-refractivity contribution is 0.324. The first kappa shape index (κ1) is 14.9. The number of ether oxygens (including phenoxy) is 3. The Hall–Kier alpha value is -2.50. The van der Waals surface area contributed by atoms with Crippen LogP contribution in [-0.4, -0.2) is 31.3 Å². The van der Waals surface area contributed by atoms with E-state index in [0.717, 1.165) is 17.2 Å². The summed E-state index contributed by atoms with van der Waals surface area (Å²) >= 11 is 0. The van der Waals surface area contributed by atoms with Gasteiger partial charge >= 0.3 is 0 Å². The normalized spacial score (nSPS) is 10.1. The topological polar surface area (TPSA) is 65.5 Å². The Morgan fingerprint density at radius 2 is 1.71 bits per heavy atom. The summed E-state index contributed by atoms with van der Waals surface area (Å²) < 4.78 is 15.9. The van der Waals surface area contributed by atoms with Crippen LogP contribution < -0.4 is 19.5 Å². The number of aromatic nitrogens is 2. The van der Waals surface area contributed by atoms with Crippen molar-refractivity contribution in [2.45, 2.75) is 13.5 Å². The van der Waals surface area contributed by atoms with Crippen LogP contribution in [0.1, 0.15) is 11.5 Å². The predicted molar refractivity (Wildman–Crippen MR) is 80.2 cm³/mol. The summed E-state index contributed by atoms with van der Waals surface area (Å²) in [7, 11) is 4.76. The van der Waals surface area contributed by atoms with Crippen molar-refractivity contribution in [3.05, 3.63) is 35.9 Å². The predicted octanol–water partition coefficient (Wildman–Crippen LogP) is 2.42. The minimum absolute atomic E-state index is 0.573. The number of nitrogens with zero attached hydrogens (tertiary/aromatic N) is 2. The second kappa shape index (κ2) is 6.78. The number of aryl methyl sites for hydroxylation is 1. The van der Waals surface area contributed by atoms with Gasteiger partial charge in [0.05, 0.1) is 33.6 Å². The van der Waals surface area contributed by atoms with E-state index in [1.807, 2.05) is 25.1 Å². The lowest BCUT2D eigenvalue weighted by Crippen LogP contribution is -2.04. The highest BCUT2D eigenvalue weighted by Gasteiger charge is 2.13. The molecule has 2 aromatic rings. The van der Waals surface area contributed by atoms with E-state index in [2.05, 4.69) is 15.3 Å². The molecule has 0 unspecified atom stereocenters. The Bertz CT molecular complexity index is 592. The second-order valence-electron chi connectivity index (χ2n) is 4.36. The Morgan fingerprint density at radius 1 is 1.05 bits per heavy atom. The van der Waals surface area contributed by atoms with Crippen molar-refractivity contribution >= 4 is 5.69 Å². The van der Waals surface area contributed by atoms with Crippen molar-refractivity contribution in [2.75, 3.05) is 26.6 Å². The zero-order valence-electron chi connectivity index (χ0n) is 12.6. The van der Waals surface area contributed by atoms with Gasteiger partial charge in [-0.15, -0.1) is 0 Å². The largest absolute Gasteiger partial charge is 0.493 e. The van der Waals surface area contributed by atoms with Crippen LogP contribution in [0.3, 0.4) is 0 Å². The van der Waals surface area contributed by atoms with E-state index in [0.29, 0.717) is 23.8 Å². The molecule has 1 N–H and O–H groups in total. The lowest BCUT2D eigenvalue weighted by atomic mass is 10.2. The quantitative estimate of drug-likeness (QED) is 0.881. The summed E-state index contributed by atoms with van der Waals surface area (Å²) in [5.41, 5.74) is 1.78. The summed E-state index contributed by atoms with van der Waals surface area (Å²) in [5, 5.41) is 3.28. The third kappa shape index (κ3) is 3.53. The second-order valence-corrected chi connectivity index (χ2v) is 4.36. The van der Waals surface area contributed by atoms with Gasteiger partial charge in [-0.2, -0.15) is 0 Å². The molecule has 6 nitrogen and oxygen atoms in total. The molecule has 1 heterocycles. The molecule has 21 heavy (non-hydrogen) atoms. The molecule has 2 rings (SSSR count). The van der Waals surface area contributed by atoms with Crippen molar-refractivity contribution in [3.63, 3.8) is 0 Å². The van der Waals surface area contributed by atoms with Gasteiger partial charge in [0.25, 0.3) is 0 Å². The molecule has 0 aliphatic carbocycles. The summed E-state index contributed by atoms with van der Waals surface area (Å²) in [6.07, 6.45) is 1.74. The Kier molecular flexibility index (Phi) is 4.81. The van der Waals surface area contributed by atoms with Gasteiger partial charge in [-0.05, 0) is 13.0 Å². The van der Waals surface area contributed by atoms with Gasteiger partial charge < -0.3 is 19.5 Å². The first-order chi connectivity index (χ1) is 10.2. The lowest BCUT2D eigenvalue weighted by Gasteiger charge is -2.15. The van der Waals surface area contributed by atoms with E-state index in [-0.39, 0.29) is 0 Å². The van der Waals surface area contributed by atoms with E-state index in [4.69, 9.17) is 14.2 Å². The van der Waals surface area contributed by atoms with Gasteiger partial charge in [0.15, 0.2) is 11.5 Å². The van der Waals surface area contributed by atoms with Crippen LogP contribution in [0.5, 0.6) is 17.2 Å². The van der Waals surface area contributed by atoms with Crippen LogP contribution in [0.4, 0.5) is 5.69 Å². The van der Waals surface area contributed by atoms with Crippen LogP contribution in [0, 0.1) is 6.92 Å². The van der Waals surface area contributed by atoms with Gasteiger partial charge in [-0.3, -0.25) is 0 Å². The first-order valence-electron chi connectivity index (χ1n) is 6.50. The van der Waals surface area contributed by atoms with Crippen LogP contribution in [-0.2, 0) is 6.54 Å². The first-order valence-corrected chi connectivity index (χ1v) is 6.50. The molecule has 6 heteroatoms. The maximum absolute atomic E-state index is 5.32. The minimum atomic E-state index is 0.573. The number of methoxy groups -OCH3 is 3. The maximum atomic E-state index is 5.32. The molecule has 0 amide bonds. The zero-order chi connectivity index (χ0) is 15.2. The molecular weight excluding hydrogens is 270 g/mol. The van der Waals surface area contributed by atoms with Gasteiger partial charge in [0.2, 0.25) is 5.75 Å². The molecule has 0 atom stereocenters. The van der Waals surface area contributed by atoms with E-state index >= 15 is 0 Å². The standard InChI is InChI=1S/C15H19N3O3/c1-10-16-6-5-11(18-10)9-17-12-7-13(19-2)15(21-4)14(8-12)20-3/h5-8,17H,9H2,1-4H3. The molecule has 0 aliphatic heterocycles. The van der Waals surface area contributed by atoms with E-state index < -0.39 is 0 Å². The third-order valence-corrected chi connectivity index (χ3v) is 2.97. The molecule has 0 bridgehead atoms. The summed E-state index contributed by atoms with van der Waals surface area (Å²) in [6, 6.07) is 5.59. The van der Waals surface area contributed by atoms with Crippen LogP contribution in [0.25, 0.3) is 0 Å². The van der Waals surface area contributed by atoms with Gasteiger partial charge in [0.1, 0.15) is 5.82 Å². The minimum Gasteiger partial charge on any atom is -0.493 e. The average Bonchev–Trinajstić information content (AvgIpc) is 2.51. The van der Waals surface area contributed by atoms with E-state index in [1.54, 1.807) is 27.5 Å². The fourth-order valence-electron chi connectivity index (χ4n) is 1.98. The fourth-order valence-corrected chi connectivity index (χ4v) is 1.98. The molecule has 0 radical (unpaired) electrons. The number of rotatable bonds is 6. The maximum Gasteiger partial charge on any atom is 0.203 e. The third-order valence-electron chi connectivity index (χ3n) is 2.97. The molecule has 0 saturated carbocycles. The number of hydrogen-bond donors (Lipinski definition) is 1. The smallest absolute Gasteiger partial charge is 0.203 e. The van der Waals surface area contributed by atoms with Crippen molar-refractivity contribution < 1.29 is 14.2 Å². The number of benzene rings is 1. The fraction of sp³-hybridized carbons (Fsp3) is 0.333. The number of anilines is 1. The van der Waals surface area contributed by atoms with Gasteiger partial charge in [0, 0.05) is 24.0 Å². The average molecular weight is 289 g/mol. The van der Waals surface area contributed by atoms with Gasteiger partial charge in [-0.1, -0.05) is 0 Å². The summed E-state index contributed by atoms with van der Waals surface area (Å²) in [6.45, 7) is 2.45. The molecular formula is C15H19N3O3. The van der Waals surface area contributed by atoms with Crippen LogP contribution in [0.2, 0.25) is 0 Å². The molecule has 0 saturated heterocycles. The van der Waals surface area contributed by atoms with Crippen molar-refractivity contribution in [2.24, 2.45) is 0 Å². The van der Waals surface area contributed by atoms with E-state index in [1.165, 1.54) is 0 Å². The molecule has 0 fully saturated rings. The summed E-state index contributed by atoms with van der Waals surface area (Å²) in [4.78, 5) is 8.42. The van der Waals surface area contributed by atoms with Crippen molar-refractivity contribution in [1.29, 1.82) is 0 Å². The SMILES string of the molecule is COc1cc(NCc2ccnc(C)n2)cc(OC)c1OC. The van der Waals surface area contributed by atoms with E-state index in [9.17, 15) is 0 Å². The zero-order valence-corrected chi connectivity index (χ0v) is 12.6. The molecule has 1 aromatic heterocycles. The molecule has 112 valence electrons. The van der Waals surface area contributed by atoms with Crippen molar-refractivity contribution in [1.82, 2.24) is 9.97 Å². The highest BCUT2D eigenvalue weighted by Crippen LogP contribution is 2.39. The molecule has 1 aromatic carbocycles. The van der Waals surface area contributed by atoms with Gasteiger partial charge in [-0.25, -0.2) is 9.97 Å². The Labute approximate surface area is 124 Å². The monoisotopic (exact) mass is 289 g/mol. The van der Waals surface area contributed by atoms with Crippen LogP contribution >= 0.6 is 0 Å². The highest BCUT2D eigenvalue weighted by atomic mass is 16.5. The number of nitrogens with one attached hydrogen (secondary N) is 1. The molecule has 0 aliphatic rings. The number of hydrogen-bond acceptors (Lipinski definition) is 6. The Balaban J connectivity index is 2.20. The van der Waals surface area contributed by atoms with Crippen molar-refractivity contribution in [3.8, 4) is 17.2 Å². The highest BCUT2D eigenvalue weighted by molar-refractivity contribution is 5.62. The molecule has 0 spiro atoms. The van der Waals surface area contributed by atoms with Crippen LogP contribution in [0.15, 0.2) is 24.4 Å². The summed E-state index contributed by atoms with van der Waals surface area (Å²) in [5.74, 6) is 2.54.